The Bertz CT molecular complexity index is 852. The molecular formula is C17H17N3O2S. The van der Waals surface area contributed by atoms with Gasteiger partial charge < -0.3 is 9.08 Å². The van der Waals surface area contributed by atoms with E-state index in [9.17, 15) is 4.55 Å². The lowest BCUT2D eigenvalue weighted by atomic mass is 10.0. The summed E-state index contributed by atoms with van der Waals surface area (Å²) >= 11 is -1.31. The highest BCUT2D eigenvalue weighted by atomic mass is 32.2. The average molecular weight is 327 g/mol. The van der Waals surface area contributed by atoms with Gasteiger partial charge in [0, 0.05) is 17.3 Å². The van der Waals surface area contributed by atoms with Crippen molar-refractivity contribution in [2.45, 2.75) is 25.5 Å². The number of rotatable bonds is 3. The summed E-state index contributed by atoms with van der Waals surface area (Å²) in [7, 11) is 0. The maximum Gasteiger partial charge on any atom is 0.258 e. The first-order valence-corrected chi connectivity index (χ1v) is 8.33. The molecule has 0 N–H and O–H groups in total. The van der Waals surface area contributed by atoms with E-state index in [1.807, 2.05) is 57.2 Å². The van der Waals surface area contributed by atoms with Crippen molar-refractivity contribution in [2.75, 3.05) is 0 Å². The molecule has 3 rings (SSSR count). The number of nitrogens with zero attached hydrogens (tertiary/aromatic N) is 3. The van der Waals surface area contributed by atoms with Gasteiger partial charge in [0.05, 0.1) is 11.6 Å². The van der Waals surface area contributed by atoms with Gasteiger partial charge in [0.25, 0.3) is 5.71 Å². The summed E-state index contributed by atoms with van der Waals surface area (Å²) in [5.74, 6) is 0. The van der Waals surface area contributed by atoms with Crippen LogP contribution in [0, 0.1) is 0 Å². The second-order valence-corrected chi connectivity index (χ2v) is 8.00. The molecular weight excluding hydrogens is 310 g/mol. The van der Waals surface area contributed by atoms with Crippen molar-refractivity contribution in [1.29, 1.82) is 0 Å². The SMILES string of the molecule is CC(C)(C)[S+]([O-])N=Cc1ccccc1-c1noc2ncccc12. The van der Waals surface area contributed by atoms with E-state index in [1.54, 1.807) is 12.4 Å². The molecule has 23 heavy (non-hydrogen) atoms. The highest BCUT2D eigenvalue weighted by Gasteiger charge is 2.26. The predicted octanol–water partition coefficient (Wildman–Crippen LogP) is 3.77. The Morgan fingerprint density at radius 1 is 1.17 bits per heavy atom. The Hall–Kier alpha value is -2.18. The molecule has 2 heterocycles. The zero-order valence-electron chi connectivity index (χ0n) is 13.2. The summed E-state index contributed by atoms with van der Waals surface area (Å²) in [6.45, 7) is 5.68. The predicted molar refractivity (Wildman–Crippen MR) is 92.7 cm³/mol. The molecule has 0 aliphatic heterocycles. The van der Waals surface area contributed by atoms with E-state index < -0.39 is 16.1 Å². The average Bonchev–Trinajstić information content (AvgIpc) is 2.96. The summed E-state index contributed by atoms with van der Waals surface area (Å²) < 4.78 is 21.2. The van der Waals surface area contributed by atoms with Crippen LogP contribution >= 0.6 is 0 Å². The maximum absolute atomic E-state index is 12.1. The quantitative estimate of drug-likeness (QED) is 0.542. The molecule has 5 nitrogen and oxygen atoms in total. The van der Waals surface area contributed by atoms with E-state index in [4.69, 9.17) is 4.52 Å². The number of aromatic nitrogens is 2. The minimum atomic E-state index is -1.31. The molecule has 118 valence electrons. The molecule has 0 aliphatic rings. The number of benzene rings is 1. The number of hydrogen-bond donors (Lipinski definition) is 0. The minimum absolute atomic E-state index is 0.393. The molecule has 0 bridgehead atoms. The lowest BCUT2D eigenvalue weighted by molar-refractivity contribution is 0.451. The van der Waals surface area contributed by atoms with E-state index in [0.29, 0.717) is 11.4 Å². The van der Waals surface area contributed by atoms with Gasteiger partial charge in [0.15, 0.2) is 0 Å². The van der Waals surface area contributed by atoms with Gasteiger partial charge in [0.2, 0.25) is 0 Å². The molecule has 0 radical (unpaired) electrons. The van der Waals surface area contributed by atoms with Gasteiger partial charge in [-0.15, -0.1) is 0 Å². The van der Waals surface area contributed by atoms with Gasteiger partial charge in [-0.25, -0.2) is 4.98 Å². The van der Waals surface area contributed by atoms with Crippen LogP contribution in [0.15, 0.2) is 51.5 Å². The van der Waals surface area contributed by atoms with Crippen molar-refractivity contribution in [1.82, 2.24) is 10.1 Å². The third-order valence-electron chi connectivity index (χ3n) is 3.28. The lowest BCUT2D eigenvalue weighted by Crippen LogP contribution is -2.25. The summed E-state index contributed by atoms with van der Waals surface area (Å²) in [6.07, 6.45) is 3.30. The smallest absolute Gasteiger partial charge is 0.258 e. The first-order valence-electron chi connectivity index (χ1n) is 7.23. The largest absolute Gasteiger partial charge is 0.591 e. The van der Waals surface area contributed by atoms with Gasteiger partial charge in [-0.3, -0.25) is 0 Å². The zero-order chi connectivity index (χ0) is 16.4. The molecule has 0 saturated carbocycles. The minimum Gasteiger partial charge on any atom is -0.591 e. The third-order valence-corrected chi connectivity index (χ3v) is 4.62. The van der Waals surface area contributed by atoms with Crippen LogP contribution in [0.5, 0.6) is 0 Å². The number of fused-ring (bicyclic) bond motifs is 1. The Kier molecular flexibility index (Phi) is 4.19. The molecule has 0 aliphatic carbocycles. The first kappa shape index (κ1) is 15.7. The number of pyridine rings is 1. The fourth-order valence-electron chi connectivity index (χ4n) is 2.06. The molecule has 1 atom stereocenters. The van der Waals surface area contributed by atoms with Crippen molar-refractivity contribution in [3.8, 4) is 11.3 Å². The van der Waals surface area contributed by atoms with E-state index >= 15 is 0 Å². The first-order chi connectivity index (χ1) is 11.0. The standard InChI is InChI=1S/C17H17N3O2S/c1-17(2,3)23(21)19-11-12-7-4-5-8-13(12)15-14-9-6-10-18-16(14)22-20-15/h4-11H,1-3H3. The van der Waals surface area contributed by atoms with Crippen LogP contribution in [-0.4, -0.2) is 25.7 Å². The summed E-state index contributed by atoms with van der Waals surface area (Å²) in [6, 6.07) is 11.4. The van der Waals surface area contributed by atoms with Gasteiger partial charge >= 0.3 is 0 Å². The highest BCUT2D eigenvalue weighted by Crippen LogP contribution is 2.29. The Balaban J connectivity index is 2.03. The van der Waals surface area contributed by atoms with E-state index in [1.165, 1.54) is 0 Å². The van der Waals surface area contributed by atoms with Crippen molar-refractivity contribution in [3.63, 3.8) is 0 Å². The van der Waals surface area contributed by atoms with Crippen molar-refractivity contribution in [3.05, 3.63) is 48.2 Å². The lowest BCUT2D eigenvalue weighted by Gasteiger charge is -2.17. The fraction of sp³-hybridized carbons (Fsp3) is 0.235. The second-order valence-electron chi connectivity index (χ2n) is 6.07. The molecule has 3 aromatic rings. The number of hydrogen-bond acceptors (Lipinski definition) is 5. The van der Waals surface area contributed by atoms with Crippen LogP contribution < -0.4 is 0 Å². The topological polar surface area (TPSA) is 74.3 Å². The highest BCUT2D eigenvalue weighted by molar-refractivity contribution is 7.91. The van der Waals surface area contributed by atoms with Crippen molar-refractivity contribution >= 4 is 28.7 Å². The summed E-state index contributed by atoms with van der Waals surface area (Å²) in [5, 5.41) is 4.97. The molecule has 2 aromatic heterocycles. The monoisotopic (exact) mass is 327 g/mol. The normalized spacial score (nSPS) is 13.7. The van der Waals surface area contributed by atoms with Gasteiger partial charge in [-0.2, -0.15) is 0 Å². The van der Waals surface area contributed by atoms with Crippen LogP contribution in [0.4, 0.5) is 0 Å². The second kappa shape index (κ2) is 6.14. The maximum atomic E-state index is 12.1. The van der Waals surface area contributed by atoms with Gasteiger partial charge in [-0.1, -0.05) is 33.8 Å². The molecule has 0 amide bonds. The van der Waals surface area contributed by atoms with Gasteiger partial charge in [-0.05, 0) is 32.9 Å². The van der Waals surface area contributed by atoms with Gasteiger partial charge in [0.1, 0.15) is 21.8 Å². The van der Waals surface area contributed by atoms with E-state index in [2.05, 4.69) is 14.5 Å². The Labute approximate surface area is 137 Å². The van der Waals surface area contributed by atoms with E-state index in [-0.39, 0.29) is 0 Å². The third kappa shape index (κ3) is 3.28. The Morgan fingerprint density at radius 2 is 1.96 bits per heavy atom. The molecule has 0 spiro atoms. The molecule has 0 fully saturated rings. The molecule has 6 heteroatoms. The Morgan fingerprint density at radius 3 is 2.74 bits per heavy atom. The van der Waals surface area contributed by atoms with Crippen LogP contribution in [0.25, 0.3) is 22.4 Å². The molecule has 1 unspecified atom stereocenters. The zero-order valence-corrected chi connectivity index (χ0v) is 14.0. The summed E-state index contributed by atoms with van der Waals surface area (Å²) in [4.78, 5) is 4.15. The van der Waals surface area contributed by atoms with Crippen LogP contribution in [0.2, 0.25) is 0 Å². The van der Waals surface area contributed by atoms with Crippen molar-refractivity contribution < 1.29 is 9.08 Å². The van der Waals surface area contributed by atoms with Crippen LogP contribution in [-0.2, 0) is 11.4 Å². The van der Waals surface area contributed by atoms with Crippen LogP contribution in [0.1, 0.15) is 26.3 Å². The van der Waals surface area contributed by atoms with Crippen molar-refractivity contribution in [2.24, 2.45) is 4.40 Å². The van der Waals surface area contributed by atoms with E-state index in [0.717, 1.165) is 16.5 Å². The molecule has 0 saturated heterocycles. The molecule has 1 aromatic carbocycles. The fourth-order valence-corrected chi connectivity index (χ4v) is 2.59. The van der Waals surface area contributed by atoms with Crippen LogP contribution in [0.3, 0.4) is 0 Å². The summed E-state index contributed by atoms with van der Waals surface area (Å²) in [5.41, 5.74) is 2.90.